The molecular weight excluding hydrogens is 587 g/mol. The fraction of sp³-hybridized carbons (Fsp3) is 0.361. The number of benzene rings is 2. The monoisotopic (exact) mass is 620 g/mol. The SMILES string of the molecule is [C-]#[N+]C1(NC(=O)[C@@]2(C)COc3c2cc([C@@](C)(O)CCC(=O)c2cc(OC4CC4)c4ncccc4c2)nc3-c2ccc(F)cc2)CC1. The number of fused-ring (bicyclic) bond motifs is 2. The molecule has 1 aliphatic heterocycles. The molecule has 2 fully saturated rings. The van der Waals surface area contributed by atoms with Crippen LogP contribution in [-0.4, -0.2) is 45.1 Å². The maximum Gasteiger partial charge on any atom is 0.308 e. The molecule has 1 amide bonds. The van der Waals surface area contributed by atoms with Gasteiger partial charge in [-0.3, -0.25) is 24.7 Å². The van der Waals surface area contributed by atoms with Crippen molar-refractivity contribution in [2.24, 2.45) is 0 Å². The lowest BCUT2D eigenvalue weighted by Gasteiger charge is -2.27. The number of carbonyl (C=O) groups is 2. The van der Waals surface area contributed by atoms with Gasteiger partial charge in [-0.25, -0.2) is 15.9 Å². The maximum atomic E-state index is 13.9. The van der Waals surface area contributed by atoms with Gasteiger partial charge >= 0.3 is 5.66 Å². The Morgan fingerprint density at radius 2 is 1.96 bits per heavy atom. The Morgan fingerprint density at radius 3 is 2.65 bits per heavy atom. The molecule has 234 valence electrons. The minimum atomic E-state index is -1.58. The average molecular weight is 621 g/mol. The summed E-state index contributed by atoms with van der Waals surface area (Å²) in [5.74, 6) is -0.0137. The van der Waals surface area contributed by atoms with Gasteiger partial charge < -0.3 is 14.6 Å². The molecule has 0 unspecified atom stereocenters. The average Bonchev–Trinajstić information content (AvgIpc) is 3.99. The van der Waals surface area contributed by atoms with E-state index in [0.29, 0.717) is 52.2 Å². The molecule has 10 heteroatoms. The molecule has 0 saturated heterocycles. The van der Waals surface area contributed by atoms with Crippen molar-refractivity contribution in [1.29, 1.82) is 0 Å². The quantitative estimate of drug-likeness (QED) is 0.165. The summed E-state index contributed by atoms with van der Waals surface area (Å²) < 4.78 is 26.0. The summed E-state index contributed by atoms with van der Waals surface area (Å²) in [6.45, 7) is 10.8. The van der Waals surface area contributed by atoms with Crippen LogP contribution in [0.3, 0.4) is 0 Å². The Balaban J connectivity index is 1.21. The minimum absolute atomic E-state index is 0.00425. The Bertz CT molecular complexity index is 1930. The third kappa shape index (κ3) is 5.45. The zero-order chi connectivity index (χ0) is 32.3. The van der Waals surface area contributed by atoms with E-state index in [1.807, 2.05) is 12.1 Å². The number of ether oxygens (including phenoxy) is 2. The van der Waals surface area contributed by atoms with Gasteiger partial charge in [0.15, 0.2) is 5.78 Å². The van der Waals surface area contributed by atoms with Gasteiger partial charge in [-0.05, 0) is 81.6 Å². The zero-order valence-corrected chi connectivity index (χ0v) is 25.6. The number of halogens is 1. The summed E-state index contributed by atoms with van der Waals surface area (Å²) in [6.07, 6.45) is 4.97. The van der Waals surface area contributed by atoms with E-state index in [-0.39, 0.29) is 42.9 Å². The van der Waals surface area contributed by atoms with Crippen molar-refractivity contribution in [3.05, 3.63) is 94.8 Å². The zero-order valence-electron chi connectivity index (χ0n) is 25.6. The van der Waals surface area contributed by atoms with Crippen LogP contribution in [0.5, 0.6) is 11.5 Å². The van der Waals surface area contributed by atoms with E-state index in [4.69, 9.17) is 21.0 Å². The number of hydrogen-bond acceptors (Lipinski definition) is 7. The normalized spacial score (nSPS) is 20.6. The van der Waals surface area contributed by atoms with Crippen LogP contribution in [0.2, 0.25) is 0 Å². The predicted molar refractivity (Wildman–Crippen MR) is 168 cm³/mol. The van der Waals surface area contributed by atoms with Crippen LogP contribution in [0, 0.1) is 12.4 Å². The van der Waals surface area contributed by atoms with Gasteiger partial charge in [0.2, 0.25) is 5.91 Å². The van der Waals surface area contributed by atoms with Gasteiger partial charge in [-0.1, -0.05) is 6.07 Å². The summed E-state index contributed by atoms with van der Waals surface area (Å²) in [6, 6.07) is 14.6. The predicted octanol–water partition coefficient (Wildman–Crippen LogP) is 6.02. The first-order valence-electron chi connectivity index (χ1n) is 15.5. The van der Waals surface area contributed by atoms with Crippen LogP contribution in [0.4, 0.5) is 4.39 Å². The van der Waals surface area contributed by atoms with E-state index in [1.54, 1.807) is 50.4 Å². The van der Waals surface area contributed by atoms with Crippen LogP contribution in [0.15, 0.2) is 60.8 Å². The molecule has 0 spiro atoms. The molecule has 2 N–H and O–H groups in total. The van der Waals surface area contributed by atoms with Crippen molar-refractivity contribution in [1.82, 2.24) is 15.3 Å². The first-order valence-corrected chi connectivity index (χ1v) is 15.5. The molecular formula is C36H33FN4O5. The minimum Gasteiger partial charge on any atom is -0.489 e. The molecule has 2 aliphatic carbocycles. The second-order valence-corrected chi connectivity index (χ2v) is 13.0. The van der Waals surface area contributed by atoms with E-state index in [2.05, 4.69) is 15.1 Å². The van der Waals surface area contributed by atoms with Crippen LogP contribution in [-0.2, 0) is 15.8 Å². The second-order valence-electron chi connectivity index (χ2n) is 13.0. The first kappa shape index (κ1) is 29.8. The Hall–Kier alpha value is -4.88. The largest absolute Gasteiger partial charge is 0.489 e. The summed E-state index contributed by atoms with van der Waals surface area (Å²) in [5.41, 5.74) is -0.841. The molecule has 4 aromatic rings. The number of amides is 1. The number of nitrogens with zero attached hydrogens (tertiary/aromatic N) is 3. The van der Waals surface area contributed by atoms with E-state index in [1.165, 1.54) is 12.1 Å². The Labute approximate surface area is 265 Å². The van der Waals surface area contributed by atoms with Gasteiger partial charge in [0.05, 0.1) is 24.6 Å². The molecule has 0 bridgehead atoms. The maximum absolute atomic E-state index is 13.9. The molecule has 2 aromatic carbocycles. The molecule has 2 aromatic heterocycles. The standard InChI is InChI=1S/C36H33FN4O5/c1-34(33(43)41-36(38-3)14-15-36)20-45-32-26(34)19-29(40-31(32)21-6-8-24(37)9-7-21)35(2,44)13-12-27(42)23-17-22-5-4-16-39-30(22)28(18-23)46-25-10-11-25/h4-9,16-19,25,44H,10-15,20H2,1-2H3,(H,41,43)/t34-,35-/m0/s1. The van der Waals surface area contributed by atoms with E-state index in [9.17, 15) is 19.1 Å². The van der Waals surface area contributed by atoms with Gasteiger partial charge in [0.1, 0.15) is 46.1 Å². The summed E-state index contributed by atoms with van der Waals surface area (Å²) in [5, 5.41) is 15.5. The van der Waals surface area contributed by atoms with Crippen LogP contribution >= 0.6 is 0 Å². The number of aromatic nitrogens is 2. The lowest BCUT2D eigenvalue weighted by molar-refractivity contribution is -0.127. The second kappa shape index (κ2) is 10.9. The van der Waals surface area contributed by atoms with Crippen molar-refractivity contribution >= 4 is 22.6 Å². The van der Waals surface area contributed by atoms with Crippen LogP contribution in [0.25, 0.3) is 27.0 Å². The van der Waals surface area contributed by atoms with Crippen LogP contribution in [0.1, 0.15) is 74.0 Å². The third-order valence-electron chi connectivity index (χ3n) is 9.18. The number of Topliss-reactive ketones (excluding diaryl/α,β-unsaturated/α-hetero) is 1. The summed E-state index contributed by atoms with van der Waals surface area (Å²) in [7, 11) is 0. The molecule has 3 aliphatic rings. The van der Waals surface area contributed by atoms with Crippen LogP contribution < -0.4 is 14.8 Å². The highest BCUT2D eigenvalue weighted by molar-refractivity contribution is 6.01. The van der Waals surface area contributed by atoms with E-state index < -0.39 is 22.5 Å². The Morgan fingerprint density at radius 1 is 1.20 bits per heavy atom. The lowest BCUT2D eigenvalue weighted by Crippen LogP contribution is -2.47. The topological polar surface area (TPSA) is 115 Å². The van der Waals surface area contributed by atoms with Crippen molar-refractivity contribution < 1.29 is 28.6 Å². The molecule has 0 radical (unpaired) electrons. The molecule has 2 atom stereocenters. The highest BCUT2D eigenvalue weighted by Crippen LogP contribution is 2.47. The van der Waals surface area contributed by atoms with Crippen molar-refractivity contribution in [3.63, 3.8) is 0 Å². The van der Waals surface area contributed by atoms with Crippen molar-refractivity contribution in [2.45, 2.75) is 75.2 Å². The number of carbonyl (C=O) groups excluding carboxylic acids is 2. The third-order valence-corrected chi connectivity index (χ3v) is 9.18. The number of nitrogens with one attached hydrogen (secondary N) is 1. The number of hydrogen-bond donors (Lipinski definition) is 2. The highest BCUT2D eigenvalue weighted by atomic mass is 19.1. The number of ketones is 1. The van der Waals surface area contributed by atoms with Gasteiger partial charge in [-0.15, -0.1) is 0 Å². The number of rotatable bonds is 10. The summed E-state index contributed by atoms with van der Waals surface area (Å²) >= 11 is 0. The fourth-order valence-corrected chi connectivity index (χ4v) is 5.79. The highest BCUT2D eigenvalue weighted by Gasteiger charge is 2.56. The number of pyridine rings is 2. The Kier molecular flexibility index (Phi) is 7.05. The van der Waals surface area contributed by atoms with Gasteiger partial charge in [0, 0.05) is 34.7 Å². The first-order chi connectivity index (χ1) is 22.0. The smallest absolute Gasteiger partial charge is 0.308 e. The van der Waals surface area contributed by atoms with Crippen molar-refractivity contribution in [3.8, 4) is 22.8 Å². The van der Waals surface area contributed by atoms with Gasteiger partial charge in [-0.2, -0.15) is 0 Å². The number of aliphatic hydroxyl groups is 1. The molecule has 9 nitrogen and oxygen atoms in total. The van der Waals surface area contributed by atoms with E-state index in [0.717, 1.165) is 18.2 Å². The molecule has 46 heavy (non-hydrogen) atoms. The van der Waals surface area contributed by atoms with E-state index >= 15 is 0 Å². The molecule has 3 heterocycles. The fourth-order valence-electron chi connectivity index (χ4n) is 5.79. The lowest BCUT2D eigenvalue weighted by atomic mass is 9.81. The van der Waals surface area contributed by atoms with Gasteiger partial charge in [0.25, 0.3) is 0 Å². The van der Waals surface area contributed by atoms with Crippen molar-refractivity contribution in [2.75, 3.05) is 6.61 Å². The summed E-state index contributed by atoms with van der Waals surface area (Å²) in [4.78, 5) is 40.0. The molecule has 7 rings (SSSR count). The molecule has 2 saturated carbocycles.